The monoisotopic (exact) mass is 370 g/mol. The fraction of sp³-hybridized carbons (Fsp3) is 0.591. The molecule has 0 spiro atoms. The number of aryl methyl sites for hydroxylation is 1. The van der Waals surface area contributed by atoms with Crippen LogP contribution in [0.4, 0.5) is 0 Å². The highest BCUT2D eigenvalue weighted by Crippen LogP contribution is 2.60. The molecule has 4 rings (SSSR count). The van der Waals surface area contributed by atoms with E-state index in [1.54, 1.807) is 0 Å². The van der Waals surface area contributed by atoms with Crippen molar-refractivity contribution >= 4 is 17.7 Å². The number of benzene rings is 1. The van der Waals surface area contributed by atoms with Crippen LogP contribution in [-0.2, 0) is 25.5 Å². The molecule has 1 unspecified atom stereocenters. The van der Waals surface area contributed by atoms with Crippen molar-refractivity contribution < 1.29 is 23.9 Å². The van der Waals surface area contributed by atoms with Crippen molar-refractivity contribution in [3.63, 3.8) is 0 Å². The second-order valence-corrected chi connectivity index (χ2v) is 8.57. The summed E-state index contributed by atoms with van der Waals surface area (Å²) in [5, 5.41) is 0. The van der Waals surface area contributed by atoms with Gasteiger partial charge in [0.15, 0.2) is 11.9 Å². The Bertz CT molecular complexity index is 813. The van der Waals surface area contributed by atoms with Gasteiger partial charge >= 0.3 is 11.9 Å². The van der Waals surface area contributed by atoms with Gasteiger partial charge in [0, 0.05) is 25.7 Å². The molecular formula is C22H26O5. The molecule has 5 heteroatoms. The average molecular weight is 370 g/mol. The molecule has 3 aliphatic carbocycles. The maximum absolute atomic E-state index is 12.6. The van der Waals surface area contributed by atoms with Crippen LogP contribution in [0.5, 0.6) is 5.75 Å². The number of ketones is 1. The minimum atomic E-state index is -0.589. The first-order valence-electron chi connectivity index (χ1n) is 9.81. The van der Waals surface area contributed by atoms with E-state index in [-0.39, 0.29) is 29.1 Å². The number of carbonyl (C=O) groups excluding carboxylic acids is 3. The molecule has 1 aromatic rings. The van der Waals surface area contributed by atoms with Crippen LogP contribution >= 0.6 is 0 Å². The summed E-state index contributed by atoms with van der Waals surface area (Å²) in [6.07, 6.45) is 3.73. The lowest BCUT2D eigenvalue weighted by atomic mass is 9.55. The Hall–Kier alpha value is -2.17. The Balaban J connectivity index is 1.62. The normalized spacial score (nSPS) is 34.3. The number of carbonyl (C=O) groups is 3. The molecule has 2 fully saturated rings. The molecule has 3 aliphatic rings. The summed E-state index contributed by atoms with van der Waals surface area (Å²) in [6, 6.07) is 5.95. The first-order valence-corrected chi connectivity index (χ1v) is 9.81. The number of hydrogen-bond donors (Lipinski definition) is 0. The third-order valence-electron chi connectivity index (χ3n) is 6.99. The number of esters is 2. The van der Waals surface area contributed by atoms with Gasteiger partial charge in [0.2, 0.25) is 0 Å². The largest absolute Gasteiger partial charge is 0.454 e. The first kappa shape index (κ1) is 18.2. The van der Waals surface area contributed by atoms with E-state index >= 15 is 0 Å². The van der Waals surface area contributed by atoms with E-state index in [0.717, 1.165) is 25.7 Å². The molecule has 144 valence electrons. The standard InChI is InChI=1S/C22H26O5/c1-12(23)26-15-5-7-16-14(10-15)4-6-18-17(16)8-9-22(3)19(18)11-20(25)21(22)27-13(2)24/h5,7,10,17-19,21H,4,6,8-9,11H2,1-3H3/t17-,18-,19+,21?,22+/m1/s1. The number of fused-ring (bicyclic) bond motifs is 5. The Morgan fingerprint density at radius 2 is 1.93 bits per heavy atom. The second-order valence-electron chi connectivity index (χ2n) is 8.57. The molecule has 0 radical (unpaired) electrons. The van der Waals surface area contributed by atoms with E-state index in [9.17, 15) is 14.4 Å². The number of hydrogen-bond acceptors (Lipinski definition) is 5. The third kappa shape index (κ3) is 2.97. The molecule has 5 atom stereocenters. The van der Waals surface area contributed by atoms with Gasteiger partial charge in [-0.05, 0) is 66.7 Å². The molecule has 0 heterocycles. The number of ether oxygens (including phenoxy) is 2. The zero-order valence-corrected chi connectivity index (χ0v) is 16.1. The van der Waals surface area contributed by atoms with Crippen molar-refractivity contribution in [2.75, 3.05) is 0 Å². The molecule has 0 aliphatic heterocycles. The first-order chi connectivity index (χ1) is 12.8. The van der Waals surface area contributed by atoms with Crippen LogP contribution in [0, 0.1) is 17.3 Å². The summed E-state index contributed by atoms with van der Waals surface area (Å²) in [5.41, 5.74) is 2.33. The maximum Gasteiger partial charge on any atom is 0.308 e. The molecule has 0 saturated heterocycles. The molecule has 2 saturated carbocycles. The van der Waals surface area contributed by atoms with E-state index in [0.29, 0.717) is 24.0 Å². The van der Waals surface area contributed by atoms with Gasteiger partial charge in [-0.25, -0.2) is 0 Å². The molecule has 0 bridgehead atoms. The zero-order valence-electron chi connectivity index (χ0n) is 16.1. The Morgan fingerprint density at radius 3 is 2.63 bits per heavy atom. The summed E-state index contributed by atoms with van der Waals surface area (Å²) in [6.45, 7) is 4.92. The molecule has 27 heavy (non-hydrogen) atoms. The lowest BCUT2D eigenvalue weighted by Crippen LogP contribution is -2.45. The van der Waals surface area contributed by atoms with Crippen molar-refractivity contribution in [1.82, 2.24) is 0 Å². The van der Waals surface area contributed by atoms with Gasteiger partial charge < -0.3 is 9.47 Å². The van der Waals surface area contributed by atoms with Crippen LogP contribution in [-0.4, -0.2) is 23.8 Å². The number of rotatable bonds is 2. The van der Waals surface area contributed by atoms with Crippen molar-refractivity contribution in [2.24, 2.45) is 17.3 Å². The van der Waals surface area contributed by atoms with Crippen molar-refractivity contribution in [2.45, 2.75) is 64.9 Å². The Morgan fingerprint density at radius 1 is 1.15 bits per heavy atom. The summed E-state index contributed by atoms with van der Waals surface area (Å²) < 4.78 is 10.7. The van der Waals surface area contributed by atoms with Crippen molar-refractivity contribution in [3.05, 3.63) is 29.3 Å². The Labute approximate surface area is 159 Å². The van der Waals surface area contributed by atoms with Crippen molar-refractivity contribution in [3.8, 4) is 5.75 Å². The quantitative estimate of drug-likeness (QED) is 0.588. The predicted molar refractivity (Wildman–Crippen MR) is 98.3 cm³/mol. The fourth-order valence-electron chi connectivity index (χ4n) is 5.90. The average Bonchev–Trinajstić information content (AvgIpc) is 2.85. The van der Waals surface area contributed by atoms with Crippen LogP contribution in [0.25, 0.3) is 0 Å². The molecule has 0 aromatic heterocycles. The van der Waals surface area contributed by atoms with E-state index in [2.05, 4.69) is 13.0 Å². The van der Waals surface area contributed by atoms with Gasteiger partial charge in [0.1, 0.15) is 5.75 Å². The fourth-order valence-corrected chi connectivity index (χ4v) is 5.90. The minimum Gasteiger partial charge on any atom is -0.454 e. The lowest BCUT2D eigenvalue weighted by Gasteiger charge is -2.49. The van der Waals surface area contributed by atoms with Crippen LogP contribution in [0.15, 0.2) is 18.2 Å². The van der Waals surface area contributed by atoms with Crippen LogP contribution in [0.2, 0.25) is 0 Å². The SMILES string of the molecule is CC(=O)Oc1ccc2c(c1)CC[C@@H]1[C@@H]2CC[C@]2(C)C(OC(C)=O)C(=O)C[C@@H]12. The van der Waals surface area contributed by atoms with E-state index in [4.69, 9.17) is 9.47 Å². The molecular weight excluding hydrogens is 344 g/mol. The van der Waals surface area contributed by atoms with E-state index in [1.165, 1.54) is 25.0 Å². The highest BCUT2D eigenvalue weighted by atomic mass is 16.5. The summed E-state index contributed by atoms with van der Waals surface area (Å²) in [4.78, 5) is 35.3. The maximum atomic E-state index is 12.6. The minimum absolute atomic E-state index is 0.0781. The summed E-state index contributed by atoms with van der Waals surface area (Å²) in [5.74, 6) is 1.11. The van der Waals surface area contributed by atoms with Gasteiger partial charge in [0.25, 0.3) is 0 Å². The highest BCUT2D eigenvalue weighted by molar-refractivity contribution is 5.89. The molecule has 0 amide bonds. The smallest absolute Gasteiger partial charge is 0.308 e. The third-order valence-corrected chi connectivity index (χ3v) is 6.99. The van der Waals surface area contributed by atoms with Crippen molar-refractivity contribution in [1.29, 1.82) is 0 Å². The Kier molecular flexibility index (Phi) is 4.36. The van der Waals surface area contributed by atoms with Crippen LogP contribution in [0.3, 0.4) is 0 Å². The lowest BCUT2D eigenvalue weighted by molar-refractivity contribution is -0.159. The van der Waals surface area contributed by atoms with Gasteiger partial charge in [-0.3, -0.25) is 14.4 Å². The van der Waals surface area contributed by atoms with Crippen LogP contribution < -0.4 is 4.74 Å². The molecule has 1 aromatic carbocycles. The highest BCUT2D eigenvalue weighted by Gasteiger charge is 2.59. The molecule has 0 N–H and O–H groups in total. The molecule has 5 nitrogen and oxygen atoms in total. The van der Waals surface area contributed by atoms with E-state index < -0.39 is 6.10 Å². The van der Waals surface area contributed by atoms with Gasteiger partial charge in [-0.2, -0.15) is 0 Å². The predicted octanol–water partition coefficient (Wildman–Crippen LogP) is 3.58. The van der Waals surface area contributed by atoms with Gasteiger partial charge in [-0.15, -0.1) is 0 Å². The zero-order chi connectivity index (χ0) is 19.3. The van der Waals surface area contributed by atoms with Crippen LogP contribution in [0.1, 0.15) is 63.5 Å². The summed E-state index contributed by atoms with van der Waals surface area (Å²) in [7, 11) is 0. The summed E-state index contributed by atoms with van der Waals surface area (Å²) >= 11 is 0. The number of Topliss-reactive ketones (excluding diaryl/α,β-unsaturated/α-hetero) is 1. The van der Waals surface area contributed by atoms with Gasteiger partial charge in [-0.1, -0.05) is 13.0 Å². The topological polar surface area (TPSA) is 69.7 Å². The van der Waals surface area contributed by atoms with E-state index in [1.807, 2.05) is 12.1 Å². The second kappa shape index (κ2) is 6.47. The van der Waals surface area contributed by atoms with Gasteiger partial charge in [0.05, 0.1) is 0 Å².